The number of allylic oxidation sites excluding steroid dienone is 2. The third kappa shape index (κ3) is 3.50. The molecule has 2 aliphatic carbocycles. The van der Waals surface area contributed by atoms with E-state index in [1.54, 1.807) is 5.57 Å². The van der Waals surface area contributed by atoms with Gasteiger partial charge in [-0.1, -0.05) is 38.8 Å². The van der Waals surface area contributed by atoms with E-state index in [0.717, 1.165) is 32.1 Å². The summed E-state index contributed by atoms with van der Waals surface area (Å²) in [4.78, 5) is 10.9. The summed E-state index contributed by atoms with van der Waals surface area (Å²) in [6.45, 7) is 11.2. The molecule has 3 heteroatoms. The number of rotatable bonds is 5. The molecule has 4 atom stereocenters. The third-order valence-electron chi connectivity index (χ3n) is 6.89. The second kappa shape index (κ2) is 6.58. The molecule has 2 aliphatic rings. The summed E-state index contributed by atoms with van der Waals surface area (Å²) < 4.78 is 0. The van der Waals surface area contributed by atoms with Gasteiger partial charge in [0.25, 0.3) is 0 Å². The maximum absolute atomic E-state index is 10.9. The lowest BCUT2D eigenvalue weighted by Crippen LogP contribution is -2.52. The number of aliphatic hydroxyl groups excluding tert-OH is 1. The topological polar surface area (TPSA) is 57.5 Å². The largest absolute Gasteiger partial charge is 0.481 e. The van der Waals surface area contributed by atoms with Crippen molar-refractivity contribution in [2.75, 3.05) is 0 Å². The van der Waals surface area contributed by atoms with Crippen molar-refractivity contribution in [1.29, 1.82) is 0 Å². The number of carbonyl (C=O) groups is 1. The van der Waals surface area contributed by atoms with Gasteiger partial charge in [0, 0.05) is 6.42 Å². The quantitative estimate of drug-likeness (QED) is 0.715. The number of aliphatic hydroxyl groups is 1. The average molecular weight is 322 g/mol. The number of hydrogen-bond donors (Lipinski definition) is 2. The molecule has 0 unspecified atom stereocenters. The van der Waals surface area contributed by atoms with Crippen LogP contribution in [0.2, 0.25) is 0 Å². The molecule has 0 amide bonds. The molecule has 23 heavy (non-hydrogen) atoms. The summed E-state index contributed by atoms with van der Waals surface area (Å²) in [5.41, 5.74) is 3.21. The van der Waals surface area contributed by atoms with E-state index < -0.39 is 5.97 Å². The van der Waals surface area contributed by atoms with Crippen LogP contribution in [0.15, 0.2) is 11.1 Å². The van der Waals surface area contributed by atoms with Crippen LogP contribution in [0.1, 0.15) is 79.6 Å². The van der Waals surface area contributed by atoms with Gasteiger partial charge in [0.2, 0.25) is 0 Å². The van der Waals surface area contributed by atoms with E-state index in [0.29, 0.717) is 5.92 Å². The summed E-state index contributed by atoms with van der Waals surface area (Å²) in [7, 11) is 0. The average Bonchev–Trinajstić information content (AvgIpc) is 2.42. The summed E-state index contributed by atoms with van der Waals surface area (Å²) in [6, 6.07) is 0. The molecule has 2 rings (SSSR count). The highest BCUT2D eigenvalue weighted by Gasteiger charge is 2.53. The van der Waals surface area contributed by atoms with E-state index in [4.69, 9.17) is 5.11 Å². The molecule has 132 valence electrons. The van der Waals surface area contributed by atoms with Gasteiger partial charge in [-0.2, -0.15) is 0 Å². The lowest BCUT2D eigenvalue weighted by molar-refractivity contribution is -0.138. The SMILES string of the molecule is CC1=C(CC[C@H](C)CC(=O)O)[C@]2(C)CC[C@@H](O)C(C)(C)[C@H]2CC1. The third-order valence-corrected chi connectivity index (χ3v) is 6.89. The number of aliphatic carboxylic acids is 1. The first-order valence-electron chi connectivity index (χ1n) is 9.18. The maximum atomic E-state index is 10.9. The molecular formula is C20H34O3. The van der Waals surface area contributed by atoms with Gasteiger partial charge in [-0.05, 0) is 68.1 Å². The van der Waals surface area contributed by atoms with E-state index in [9.17, 15) is 9.90 Å². The zero-order chi connectivity index (χ0) is 17.4. The Balaban J connectivity index is 2.19. The normalized spacial score (nSPS) is 34.9. The van der Waals surface area contributed by atoms with Crippen molar-refractivity contribution in [3.8, 4) is 0 Å². The van der Waals surface area contributed by atoms with Crippen LogP contribution in [-0.4, -0.2) is 22.3 Å². The molecule has 0 aromatic carbocycles. The van der Waals surface area contributed by atoms with Crippen LogP contribution in [0.25, 0.3) is 0 Å². The number of hydrogen-bond acceptors (Lipinski definition) is 2. The van der Waals surface area contributed by atoms with Crippen LogP contribution in [-0.2, 0) is 4.79 Å². The van der Waals surface area contributed by atoms with Crippen molar-refractivity contribution in [2.24, 2.45) is 22.7 Å². The number of carboxylic acids is 1. The van der Waals surface area contributed by atoms with Gasteiger partial charge >= 0.3 is 5.97 Å². The lowest BCUT2D eigenvalue weighted by atomic mass is 9.49. The van der Waals surface area contributed by atoms with Crippen LogP contribution in [0, 0.1) is 22.7 Å². The van der Waals surface area contributed by atoms with Crippen molar-refractivity contribution < 1.29 is 15.0 Å². The molecule has 1 saturated carbocycles. The van der Waals surface area contributed by atoms with Crippen molar-refractivity contribution in [2.45, 2.75) is 85.7 Å². The molecule has 0 heterocycles. The highest BCUT2D eigenvalue weighted by Crippen LogP contribution is 2.60. The molecule has 2 N–H and O–H groups in total. The van der Waals surface area contributed by atoms with Crippen molar-refractivity contribution in [3.63, 3.8) is 0 Å². The van der Waals surface area contributed by atoms with Crippen molar-refractivity contribution in [3.05, 3.63) is 11.1 Å². The smallest absolute Gasteiger partial charge is 0.303 e. The van der Waals surface area contributed by atoms with E-state index in [-0.39, 0.29) is 29.3 Å². The number of carboxylic acid groups (broad SMARTS) is 1. The summed E-state index contributed by atoms with van der Waals surface area (Å²) in [5.74, 6) is 0.0454. The fourth-order valence-corrected chi connectivity index (χ4v) is 5.38. The molecule has 1 fully saturated rings. The predicted octanol–water partition coefficient (Wildman–Crippen LogP) is 4.79. The zero-order valence-corrected chi connectivity index (χ0v) is 15.5. The van der Waals surface area contributed by atoms with Crippen molar-refractivity contribution in [1.82, 2.24) is 0 Å². The van der Waals surface area contributed by atoms with E-state index in [1.807, 2.05) is 6.92 Å². The van der Waals surface area contributed by atoms with Crippen LogP contribution in [0.3, 0.4) is 0 Å². The summed E-state index contributed by atoms with van der Waals surface area (Å²) >= 11 is 0. The molecule has 0 bridgehead atoms. The molecule has 0 saturated heterocycles. The van der Waals surface area contributed by atoms with Gasteiger partial charge in [0.1, 0.15) is 0 Å². The van der Waals surface area contributed by atoms with Gasteiger partial charge in [0.15, 0.2) is 0 Å². The second-order valence-electron chi connectivity index (χ2n) is 8.89. The predicted molar refractivity (Wildman–Crippen MR) is 93.2 cm³/mol. The van der Waals surface area contributed by atoms with Crippen LogP contribution in [0.5, 0.6) is 0 Å². The Morgan fingerprint density at radius 1 is 1.30 bits per heavy atom. The van der Waals surface area contributed by atoms with E-state index in [1.165, 1.54) is 12.0 Å². The first kappa shape index (κ1) is 18.5. The Hall–Kier alpha value is -0.830. The second-order valence-corrected chi connectivity index (χ2v) is 8.89. The van der Waals surface area contributed by atoms with Crippen LogP contribution >= 0.6 is 0 Å². The molecule has 3 nitrogen and oxygen atoms in total. The van der Waals surface area contributed by atoms with Crippen LogP contribution < -0.4 is 0 Å². The Morgan fingerprint density at radius 3 is 2.57 bits per heavy atom. The molecule has 0 radical (unpaired) electrons. The van der Waals surface area contributed by atoms with E-state index >= 15 is 0 Å². The van der Waals surface area contributed by atoms with Gasteiger partial charge in [-0.15, -0.1) is 0 Å². The van der Waals surface area contributed by atoms with Gasteiger partial charge in [-0.3, -0.25) is 4.79 Å². The Bertz CT molecular complexity index is 491. The minimum absolute atomic E-state index is 0.0361. The molecule has 0 aromatic rings. The molecule has 0 spiro atoms. The molecule has 0 aromatic heterocycles. The highest BCUT2D eigenvalue weighted by atomic mass is 16.4. The van der Waals surface area contributed by atoms with Gasteiger partial charge in [-0.25, -0.2) is 0 Å². The fraction of sp³-hybridized carbons (Fsp3) is 0.850. The Morgan fingerprint density at radius 2 is 1.96 bits per heavy atom. The molecule has 0 aliphatic heterocycles. The molecular weight excluding hydrogens is 288 g/mol. The number of fused-ring (bicyclic) bond motifs is 1. The minimum atomic E-state index is -0.696. The first-order chi connectivity index (χ1) is 10.6. The van der Waals surface area contributed by atoms with E-state index in [2.05, 4.69) is 27.7 Å². The van der Waals surface area contributed by atoms with Gasteiger partial charge in [0.05, 0.1) is 6.10 Å². The highest BCUT2D eigenvalue weighted by molar-refractivity contribution is 5.66. The van der Waals surface area contributed by atoms with Crippen LogP contribution in [0.4, 0.5) is 0 Å². The van der Waals surface area contributed by atoms with Crippen molar-refractivity contribution >= 4 is 5.97 Å². The Kier molecular flexibility index (Phi) is 5.30. The zero-order valence-electron chi connectivity index (χ0n) is 15.5. The summed E-state index contributed by atoms with van der Waals surface area (Å²) in [5, 5.41) is 19.4. The summed E-state index contributed by atoms with van der Waals surface area (Å²) in [6.07, 6.45) is 6.25. The fourth-order valence-electron chi connectivity index (χ4n) is 5.38. The lowest BCUT2D eigenvalue weighted by Gasteiger charge is -2.57. The first-order valence-corrected chi connectivity index (χ1v) is 9.18. The maximum Gasteiger partial charge on any atom is 0.303 e. The standard InChI is InChI=1S/C20H34O3/c1-13(12-18(22)23)6-8-15-14(2)7-9-16-19(3,4)17(21)10-11-20(15,16)5/h13,16-17,21H,6-12H2,1-5H3,(H,22,23)/t13-,16+,17+,20-/m0/s1. The van der Waals surface area contributed by atoms with Gasteiger partial charge < -0.3 is 10.2 Å². The minimum Gasteiger partial charge on any atom is -0.481 e. The monoisotopic (exact) mass is 322 g/mol. The Labute approximate surface area is 141 Å².